The van der Waals surface area contributed by atoms with Gasteiger partial charge in [0.05, 0.1) is 0 Å². The summed E-state index contributed by atoms with van der Waals surface area (Å²) in [5, 5.41) is 10.4. The zero-order valence-electron chi connectivity index (χ0n) is 19.2. The van der Waals surface area contributed by atoms with Crippen LogP contribution in [0.5, 0.6) is 0 Å². The third-order valence-corrected chi connectivity index (χ3v) is 12.1. The SMILES string of the molecule is CC1(C)C=CC[C@]2(C)[C@H]3CC[C@@H]4[C@H]5CCC[C@]5(CO)CC[C@@]4(C)[C@]3(C)CC[C@@H]12. The Morgan fingerprint density at radius 2 is 1.57 bits per heavy atom. The van der Waals surface area contributed by atoms with Gasteiger partial charge >= 0.3 is 0 Å². The van der Waals surface area contributed by atoms with Gasteiger partial charge in [-0.25, -0.2) is 0 Å². The van der Waals surface area contributed by atoms with Gasteiger partial charge in [-0.15, -0.1) is 0 Å². The van der Waals surface area contributed by atoms with E-state index < -0.39 is 0 Å². The van der Waals surface area contributed by atoms with Crippen molar-refractivity contribution in [2.45, 2.75) is 98.8 Å². The molecule has 5 aliphatic rings. The van der Waals surface area contributed by atoms with Crippen LogP contribution in [0.25, 0.3) is 0 Å². The smallest absolute Gasteiger partial charge is 0.0490 e. The predicted octanol–water partition coefficient (Wildman–Crippen LogP) is 7.00. The van der Waals surface area contributed by atoms with E-state index in [-0.39, 0.29) is 5.41 Å². The van der Waals surface area contributed by atoms with Crippen molar-refractivity contribution in [2.75, 3.05) is 6.61 Å². The Bertz CT molecular complexity index is 678. The first kappa shape index (κ1) is 19.7. The van der Waals surface area contributed by atoms with Crippen molar-refractivity contribution in [3.05, 3.63) is 12.2 Å². The number of allylic oxidation sites excluding steroid dienone is 2. The van der Waals surface area contributed by atoms with Gasteiger partial charge < -0.3 is 5.11 Å². The standard InChI is InChI=1S/C27H44O/c1-23(2)12-7-13-24(3)21(23)11-15-26(5)22(24)10-9-19-20-8-6-14-27(20,18-28)17-16-25(19,26)4/h7,12,19-22,28H,6,8-11,13-18H2,1-5H3/t19-,20-,21+,22-,24+,25-,26-,27-/m1/s1. The number of hydrogen-bond acceptors (Lipinski definition) is 1. The number of fused-ring (bicyclic) bond motifs is 7. The number of aliphatic hydroxyl groups excluding tert-OH is 1. The molecule has 0 unspecified atom stereocenters. The molecule has 1 nitrogen and oxygen atoms in total. The van der Waals surface area contributed by atoms with E-state index in [1.165, 1.54) is 64.2 Å². The molecule has 5 aliphatic carbocycles. The minimum absolute atomic E-state index is 0.282. The van der Waals surface area contributed by atoms with Crippen LogP contribution in [0.4, 0.5) is 0 Å². The monoisotopic (exact) mass is 384 g/mol. The minimum Gasteiger partial charge on any atom is -0.396 e. The average molecular weight is 385 g/mol. The first-order chi connectivity index (χ1) is 13.1. The van der Waals surface area contributed by atoms with Crippen molar-refractivity contribution in [1.82, 2.24) is 0 Å². The highest BCUT2D eigenvalue weighted by atomic mass is 16.3. The Balaban J connectivity index is 1.54. The molecule has 0 heterocycles. The lowest BCUT2D eigenvalue weighted by atomic mass is 9.33. The van der Waals surface area contributed by atoms with Crippen LogP contribution >= 0.6 is 0 Å². The van der Waals surface area contributed by atoms with Crippen molar-refractivity contribution in [2.24, 2.45) is 50.7 Å². The van der Waals surface area contributed by atoms with Crippen LogP contribution in [0.1, 0.15) is 98.8 Å². The molecule has 0 radical (unpaired) electrons. The largest absolute Gasteiger partial charge is 0.396 e. The van der Waals surface area contributed by atoms with E-state index in [2.05, 4.69) is 46.8 Å². The zero-order valence-corrected chi connectivity index (χ0v) is 19.2. The van der Waals surface area contributed by atoms with Gasteiger partial charge in [-0.1, -0.05) is 53.2 Å². The van der Waals surface area contributed by atoms with Crippen LogP contribution in [0.15, 0.2) is 12.2 Å². The quantitative estimate of drug-likeness (QED) is 0.482. The van der Waals surface area contributed by atoms with Crippen molar-refractivity contribution in [1.29, 1.82) is 0 Å². The van der Waals surface area contributed by atoms with Gasteiger partial charge in [-0.2, -0.15) is 0 Å². The molecule has 0 spiro atoms. The lowest BCUT2D eigenvalue weighted by molar-refractivity contribution is -0.226. The zero-order chi connectivity index (χ0) is 20.0. The number of aliphatic hydroxyl groups is 1. The predicted molar refractivity (Wildman–Crippen MR) is 117 cm³/mol. The Morgan fingerprint density at radius 1 is 0.786 bits per heavy atom. The molecule has 0 saturated heterocycles. The first-order valence-corrected chi connectivity index (χ1v) is 12.4. The summed E-state index contributed by atoms with van der Waals surface area (Å²) in [5.41, 5.74) is 2.07. The van der Waals surface area contributed by atoms with Crippen LogP contribution in [-0.2, 0) is 0 Å². The van der Waals surface area contributed by atoms with Crippen LogP contribution in [0.3, 0.4) is 0 Å². The maximum atomic E-state index is 10.4. The average Bonchev–Trinajstić information content (AvgIpc) is 3.06. The fourth-order valence-electron chi connectivity index (χ4n) is 10.6. The fourth-order valence-corrected chi connectivity index (χ4v) is 10.6. The summed E-state index contributed by atoms with van der Waals surface area (Å²) in [5.74, 6) is 3.36. The normalized spacial score (nSPS) is 57.1. The molecule has 8 atom stereocenters. The maximum Gasteiger partial charge on any atom is 0.0490 e. The molecule has 1 heteroatoms. The third kappa shape index (κ3) is 2.19. The molecule has 158 valence electrons. The van der Waals surface area contributed by atoms with E-state index in [4.69, 9.17) is 0 Å². The van der Waals surface area contributed by atoms with E-state index in [0.717, 1.165) is 23.7 Å². The van der Waals surface area contributed by atoms with E-state index in [1.54, 1.807) is 0 Å². The molecular weight excluding hydrogens is 340 g/mol. The van der Waals surface area contributed by atoms with E-state index >= 15 is 0 Å². The summed E-state index contributed by atoms with van der Waals surface area (Å²) in [7, 11) is 0. The number of hydrogen-bond donors (Lipinski definition) is 1. The molecule has 28 heavy (non-hydrogen) atoms. The Kier molecular flexibility index (Phi) is 4.14. The van der Waals surface area contributed by atoms with Crippen molar-refractivity contribution < 1.29 is 5.11 Å². The third-order valence-electron chi connectivity index (χ3n) is 12.1. The fraction of sp³-hybridized carbons (Fsp3) is 0.926. The number of rotatable bonds is 1. The molecule has 5 rings (SSSR count). The van der Waals surface area contributed by atoms with Crippen molar-refractivity contribution >= 4 is 0 Å². The summed E-state index contributed by atoms with van der Waals surface area (Å²) >= 11 is 0. The summed E-state index contributed by atoms with van der Waals surface area (Å²) in [4.78, 5) is 0. The molecule has 1 N–H and O–H groups in total. The Morgan fingerprint density at radius 3 is 2.32 bits per heavy atom. The highest BCUT2D eigenvalue weighted by molar-refractivity contribution is 5.21. The molecule has 0 aromatic carbocycles. The van der Waals surface area contributed by atoms with Crippen LogP contribution < -0.4 is 0 Å². The molecule has 4 fully saturated rings. The van der Waals surface area contributed by atoms with Gasteiger partial charge in [-0.3, -0.25) is 0 Å². The second-order valence-electron chi connectivity index (χ2n) is 13.1. The highest BCUT2D eigenvalue weighted by Crippen LogP contribution is 2.76. The molecule has 0 aliphatic heterocycles. The molecule has 4 saturated carbocycles. The van der Waals surface area contributed by atoms with Gasteiger partial charge in [0.1, 0.15) is 0 Å². The summed E-state index contributed by atoms with van der Waals surface area (Å²) in [6.07, 6.45) is 18.8. The summed E-state index contributed by atoms with van der Waals surface area (Å²) in [6.45, 7) is 13.5. The summed E-state index contributed by atoms with van der Waals surface area (Å²) in [6, 6.07) is 0. The van der Waals surface area contributed by atoms with Gasteiger partial charge in [-0.05, 0) is 109 Å². The molecular formula is C27H44O. The van der Waals surface area contributed by atoms with Gasteiger partial charge in [0, 0.05) is 6.61 Å². The lowest BCUT2D eigenvalue weighted by Crippen LogP contribution is -2.64. The van der Waals surface area contributed by atoms with Crippen molar-refractivity contribution in [3.63, 3.8) is 0 Å². The van der Waals surface area contributed by atoms with E-state index in [9.17, 15) is 5.11 Å². The second-order valence-corrected chi connectivity index (χ2v) is 13.1. The highest BCUT2D eigenvalue weighted by Gasteiger charge is 2.68. The summed E-state index contributed by atoms with van der Waals surface area (Å²) < 4.78 is 0. The van der Waals surface area contributed by atoms with Crippen LogP contribution in [-0.4, -0.2) is 11.7 Å². The first-order valence-electron chi connectivity index (χ1n) is 12.4. The van der Waals surface area contributed by atoms with E-state index in [1.807, 2.05) is 0 Å². The molecule has 0 aromatic rings. The molecule has 0 bridgehead atoms. The minimum atomic E-state index is 0.282. The maximum absolute atomic E-state index is 10.4. The van der Waals surface area contributed by atoms with Crippen LogP contribution in [0, 0.1) is 50.7 Å². The molecule has 0 amide bonds. The van der Waals surface area contributed by atoms with Crippen molar-refractivity contribution in [3.8, 4) is 0 Å². The topological polar surface area (TPSA) is 20.2 Å². The van der Waals surface area contributed by atoms with Gasteiger partial charge in [0.15, 0.2) is 0 Å². The Labute approximate surface area is 173 Å². The molecule has 0 aromatic heterocycles. The lowest BCUT2D eigenvalue weighted by Gasteiger charge is -2.71. The van der Waals surface area contributed by atoms with Crippen LogP contribution in [0.2, 0.25) is 0 Å². The Hall–Kier alpha value is -0.300. The van der Waals surface area contributed by atoms with Gasteiger partial charge in [0.25, 0.3) is 0 Å². The van der Waals surface area contributed by atoms with E-state index in [0.29, 0.717) is 28.3 Å². The van der Waals surface area contributed by atoms with Gasteiger partial charge in [0.2, 0.25) is 0 Å². The second kappa shape index (κ2) is 5.89.